The highest BCUT2D eigenvalue weighted by molar-refractivity contribution is 5.72. The van der Waals surface area contributed by atoms with Crippen LogP contribution in [0.1, 0.15) is 31.9 Å². The molecule has 1 aromatic carbocycles. The fourth-order valence-corrected chi connectivity index (χ4v) is 2.94. The van der Waals surface area contributed by atoms with Gasteiger partial charge in [-0.05, 0) is 33.3 Å². The largest absolute Gasteiger partial charge is 0.459 e. The average Bonchev–Trinajstić information content (AvgIpc) is 2.49. The lowest BCUT2D eigenvalue weighted by molar-refractivity contribution is -0.385. The normalized spacial score (nSPS) is 16.6. The highest BCUT2D eigenvalue weighted by Gasteiger charge is 2.23. The second-order valence-corrected chi connectivity index (χ2v) is 7.46. The van der Waals surface area contributed by atoms with Crippen molar-refractivity contribution in [2.75, 3.05) is 32.7 Å². The Labute approximate surface area is 148 Å². The Morgan fingerprint density at radius 2 is 1.80 bits per heavy atom. The second-order valence-electron chi connectivity index (χ2n) is 7.46. The Bertz CT molecular complexity index is 632. The molecule has 7 heteroatoms. The molecule has 1 aliphatic rings. The van der Waals surface area contributed by atoms with Crippen LogP contribution in [-0.2, 0) is 16.1 Å². The lowest BCUT2D eigenvalue weighted by Gasteiger charge is -2.34. The molecule has 0 saturated carbocycles. The number of carbonyl (C=O) groups excluding carboxylic acids is 1. The summed E-state index contributed by atoms with van der Waals surface area (Å²) in [5, 5.41) is 11.1. The summed E-state index contributed by atoms with van der Waals surface area (Å²) in [6.07, 6.45) is 0. The van der Waals surface area contributed by atoms with Gasteiger partial charge in [0.05, 0.1) is 11.5 Å². The maximum absolute atomic E-state index is 11.9. The number of nitro benzene ring substituents is 1. The molecule has 1 heterocycles. The molecule has 25 heavy (non-hydrogen) atoms. The number of carbonyl (C=O) groups is 1. The molecule has 0 aromatic heterocycles. The molecule has 0 radical (unpaired) electrons. The molecule has 1 aromatic rings. The van der Waals surface area contributed by atoms with Crippen molar-refractivity contribution >= 4 is 11.7 Å². The van der Waals surface area contributed by atoms with E-state index < -0.39 is 5.60 Å². The minimum Gasteiger partial charge on any atom is -0.459 e. The SMILES string of the molecule is Cc1c(CN2CCN(CC(=O)OC(C)(C)C)CC2)cccc1[N+](=O)[O-]. The van der Waals surface area contributed by atoms with Crippen LogP contribution in [0.4, 0.5) is 5.69 Å². The molecular weight excluding hydrogens is 322 g/mol. The highest BCUT2D eigenvalue weighted by Crippen LogP contribution is 2.22. The molecule has 0 amide bonds. The van der Waals surface area contributed by atoms with Gasteiger partial charge in [0, 0.05) is 44.4 Å². The van der Waals surface area contributed by atoms with Crippen molar-refractivity contribution < 1.29 is 14.5 Å². The summed E-state index contributed by atoms with van der Waals surface area (Å²) in [5.41, 5.74) is 1.41. The summed E-state index contributed by atoms with van der Waals surface area (Å²) in [4.78, 5) is 27.0. The molecule has 0 N–H and O–H groups in total. The standard InChI is InChI=1S/C18H27N3O4/c1-14-15(6-5-7-16(14)21(23)24)12-19-8-10-20(11-9-19)13-17(22)25-18(2,3)4/h5-7H,8-13H2,1-4H3. The van der Waals surface area contributed by atoms with Crippen LogP contribution in [0, 0.1) is 17.0 Å². The smallest absolute Gasteiger partial charge is 0.320 e. The number of benzene rings is 1. The first kappa shape index (κ1) is 19.3. The first-order valence-electron chi connectivity index (χ1n) is 8.55. The van der Waals surface area contributed by atoms with Crippen molar-refractivity contribution in [2.24, 2.45) is 0 Å². The van der Waals surface area contributed by atoms with Crippen LogP contribution in [-0.4, -0.2) is 59.0 Å². The van der Waals surface area contributed by atoms with E-state index >= 15 is 0 Å². The van der Waals surface area contributed by atoms with Gasteiger partial charge in [0.25, 0.3) is 5.69 Å². The molecule has 0 atom stereocenters. The van der Waals surface area contributed by atoms with Crippen LogP contribution in [0.5, 0.6) is 0 Å². The van der Waals surface area contributed by atoms with Crippen molar-refractivity contribution in [1.82, 2.24) is 9.80 Å². The predicted molar refractivity (Wildman–Crippen MR) is 95.4 cm³/mol. The third-order valence-electron chi connectivity index (χ3n) is 4.25. The van der Waals surface area contributed by atoms with E-state index in [9.17, 15) is 14.9 Å². The van der Waals surface area contributed by atoms with Gasteiger partial charge in [-0.2, -0.15) is 0 Å². The number of rotatable bonds is 5. The van der Waals surface area contributed by atoms with Crippen molar-refractivity contribution in [3.63, 3.8) is 0 Å². The lowest BCUT2D eigenvalue weighted by Crippen LogP contribution is -2.48. The number of hydrogen-bond acceptors (Lipinski definition) is 6. The van der Waals surface area contributed by atoms with Crippen molar-refractivity contribution in [3.05, 3.63) is 39.4 Å². The molecule has 2 rings (SSSR count). The van der Waals surface area contributed by atoms with Crippen LogP contribution in [0.15, 0.2) is 18.2 Å². The number of nitro groups is 1. The van der Waals surface area contributed by atoms with Crippen LogP contribution >= 0.6 is 0 Å². The van der Waals surface area contributed by atoms with Gasteiger partial charge in [-0.3, -0.25) is 24.7 Å². The van der Waals surface area contributed by atoms with Gasteiger partial charge in [0.1, 0.15) is 5.60 Å². The zero-order valence-corrected chi connectivity index (χ0v) is 15.4. The average molecular weight is 349 g/mol. The number of piperazine rings is 1. The molecule has 0 unspecified atom stereocenters. The fourth-order valence-electron chi connectivity index (χ4n) is 2.94. The lowest BCUT2D eigenvalue weighted by atomic mass is 10.1. The number of hydrogen-bond donors (Lipinski definition) is 0. The fraction of sp³-hybridized carbons (Fsp3) is 0.611. The number of nitrogens with zero attached hydrogens (tertiary/aromatic N) is 3. The molecule has 1 fully saturated rings. The quantitative estimate of drug-likeness (QED) is 0.461. The second kappa shape index (κ2) is 7.93. The van der Waals surface area contributed by atoms with E-state index in [1.54, 1.807) is 13.0 Å². The topological polar surface area (TPSA) is 75.9 Å². The molecule has 138 valence electrons. The number of ether oxygens (including phenoxy) is 1. The van der Waals surface area contributed by atoms with Gasteiger partial charge in [-0.15, -0.1) is 0 Å². The van der Waals surface area contributed by atoms with Crippen molar-refractivity contribution in [3.8, 4) is 0 Å². The minimum absolute atomic E-state index is 0.168. The van der Waals surface area contributed by atoms with Crippen LogP contribution in [0.2, 0.25) is 0 Å². The Morgan fingerprint density at radius 3 is 2.36 bits per heavy atom. The monoisotopic (exact) mass is 349 g/mol. The molecule has 0 spiro atoms. The van der Waals surface area contributed by atoms with E-state index in [0.717, 1.165) is 37.3 Å². The maximum Gasteiger partial charge on any atom is 0.320 e. The van der Waals surface area contributed by atoms with Gasteiger partial charge < -0.3 is 4.74 Å². The molecule has 7 nitrogen and oxygen atoms in total. The summed E-state index contributed by atoms with van der Waals surface area (Å²) in [5.74, 6) is -0.199. The Hall–Kier alpha value is -1.99. The van der Waals surface area contributed by atoms with Gasteiger partial charge in [0.2, 0.25) is 0 Å². The van der Waals surface area contributed by atoms with E-state index in [2.05, 4.69) is 9.80 Å². The summed E-state index contributed by atoms with van der Waals surface area (Å²) >= 11 is 0. The third-order valence-corrected chi connectivity index (χ3v) is 4.25. The number of esters is 1. The molecule has 1 saturated heterocycles. The first-order chi connectivity index (χ1) is 11.7. The zero-order chi connectivity index (χ0) is 18.6. The van der Waals surface area contributed by atoms with Crippen LogP contribution in [0.25, 0.3) is 0 Å². The summed E-state index contributed by atoms with van der Waals surface area (Å²) in [7, 11) is 0. The van der Waals surface area contributed by atoms with Gasteiger partial charge in [-0.1, -0.05) is 12.1 Å². The van der Waals surface area contributed by atoms with Crippen molar-refractivity contribution in [1.29, 1.82) is 0 Å². The highest BCUT2D eigenvalue weighted by atomic mass is 16.6. The van der Waals surface area contributed by atoms with E-state index in [4.69, 9.17) is 4.74 Å². The van der Waals surface area contributed by atoms with E-state index in [1.807, 2.05) is 26.8 Å². The van der Waals surface area contributed by atoms with E-state index in [1.165, 1.54) is 6.07 Å². The molecule has 0 bridgehead atoms. The Kier molecular flexibility index (Phi) is 6.13. The summed E-state index contributed by atoms with van der Waals surface area (Å²) < 4.78 is 5.36. The zero-order valence-electron chi connectivity index (χ0n) is 15.4. The van der Waals surface area contributed by atoms with Gasteiger partial charge in [-0.25, -0.2) is 0 Å². The first-order valence-corrected chi connectivity index (χ1v) is 8.55. The van der Waals surface area contributed by atoms with E-state index in [-0.39, 0.29) is 16.6 Å². The van der Waals surface area contributed by atoms with E-state index in [0.29, 0.717) is 13.1 Å². The maximum atomic E-state index is 11.9. The minimum atomic E-state index is -0.460. The molecule has 1 aliphatic heterocycles. The third kappa shape index (κ3) is 5.79. The predicted octanol–water partition coefficient (Wildman–Crippen LogP) is 2.36. The molecule has 0 aliphatic carbocycles. The Balaban J connectivity index is 1.86. The van der Waals surface area contributed by atoms with Gasteiger partial charge in [0.15, 0.2) is 0 Å². The van der Waals surface area contributed by atoms with Crippen LogP contribution in [0.3, 0.4) is 0 Å². The van der Waals surface area contributed by atoms with Crippen LogP contribution < -0.4 is 0 Å². The summed E-state index contributed by atoms with van der Waals surface area (Å²) in [6.45, 7) is 11.6. The van der Waals surface area contributed by atoms with Gasteiger partial charge >= 0.3 is 5.97 Å². The molecular formula is C18H27N3O4. The van der Waals surface area contributed by atoms with Crippen molar-refractivity contribution in [2.45, 2.75) is 39.8 Å². The summed E-state index contributed by atoms with van der Waals surface area (Å²) in [6, 6.07) is 5.21. The Morgan fingerprint density at radius 1 is 1.20 bits per heavy atom.